The van der Waals surface area contributed by atoms with Crippen LogP contribution >= 0.6 is 0 Å². The molecule has 2 heterocycles. The summed E-state index contributed by atoms with van der Waals surface area (Å²) >= 11 is 0. The van der Waals surface area contributed by atoms with E-state index in [1.54, 1.807) is 21.3 Å². The molecule has 4 nitrogen and oxygen atoms in total. The largest absolute Gasteiger partial charge is 0.497 e. The Balaban J connectivity index is 1.61. The molecule has 1 aliphatic carbocycles. The maximum atomic E-state index is 5.68. The van der Waals surface area contributed by atoms with E-state index in [0.29, 0.717) is 6.04 Å². The van der Waals surface area contributed by atoms with Crippen LogP contribution in [0.1, 0.15) is 24.5 Å². The third-order valence-electron chi connectivity index (χ3n) is 8.12. The molecule has 0 N–H and O–H groups in total. The first-order valence-electron chi connectivity index (χ1n) is 11.0. The molecule has 3 aliphatic rings. The zero-order valence-corrected chi connectivity index (χ0v) is 18.2. The Bertz CT molecular complexity index is 1170. The number of hydrogen-bond acceptors (Lipinski definition) is 4. The van der Waals surface area contributed by atoms with Gasteiger partial charge in [0.1, 0.15) is 5.75 Å². The molecule has 2 aliphatic heterocycles. The van der Waals surface area contributed by atoms with Crippen LogP contribution in [0.15, 0.2) is 30.3 Å². The second-order valence-electron chi connectivity index (χ2n) is 9.33. The summed E-state index contributed by atoms with van der Waals surface area (Å²) in [4.78, 5) is 2.75. The first-order chi connectivity index (χ1) is 14.6. The topological polar surface area (TPSA) is 30.9 Å². The molecule has 0 amide bonds. The quantitative estimate of drug-likeness (QED) is 0.574. The summed E-state index contributed by atoms with van der Waals surface area (Å²) in [7, 11) is 5.16. The molecular weight excluding hydrogens is 374 g/mol. The lowest BCUT2D eigenvalue weighted by molar-refractivity contribution is 0.122. The van der Waals surface area contributed by atoms with E-state index in [2.05, 4.69) is 42.2 Å². The molecule has 156 valence electrons. The molecule has 1 saturated heterocycles. The van der Waals surface area contributed by atoms with Gasteiger partial charge in [-0.3, -0.25) is 4.90 Å². The number of hydrogen-bond donors (Lipinski definition) is 0. The second kappa shape index (κ2) is 6.52. The fourth-order valence-corrected chi connectivity index (χ4v) is 6.28. The van der Waals surface area contributed by atoms with Gasteiger partial charge in [0.25, 0.3) is 0 Å². The first-order valence-corrected chi connectivity index (χ1v) is 11.0. The summed E-state index contributed by atoms with van der Waals surface area (Å²) in [6.07, 6.45) is 2.47. The van der Waals surface area contributed by atoms with E-state index < -0.39 is 0 Å². The van der Waals surface area contributed by atoms with Crippen LogP contribution in [0, 0.1) is 17.8 Å². The van der Waals surface area contributed by atoms with Crippen molar-refractivity contribution in [2.75, 3.05) is 27.9 Å². The number of rotatable bonds is 3. The molecule has 0 radical (unpaired) electrons. The van der Waals surface area contributed by atoms with Gasteiger partial charge < -0.3 is 14.2 Å². The molecule has 6 rings (SSSR count). The lowest BCUT2D eigenvalue weighted by Crippen LogP contribution is -2.44. The van der Waals surface area contributed by atoms with Gasteiger partial charge in [-0.1, -0.05) is 13.0 Å². The van der Waals surface area contributed by atoms with Crippen LogP contribution in [-0.2, 0) is 13.0 Å². The summed E-state index contributed by atoms with van der Waals surface area (Å²) in [5, 5.41) is 5.10. The van der Waals surface area contributed by atoms with E-state index in [-0.39, 0.29) is 0 Å². The van der Waals surface area contributed by atoms with Gasteiger partial charge in [0.05, 0.1) is 21.3 Å². The summed E-state index contributed by atoms with van der Waals surface area (Å²) in [5.41, 5.74) is 2.98. The van der Waals surface area contributed by atoms with Gasteiger partial charge in [-0.25, -0.2) is 0 Å². The molecule has 4 heteroatoms. The average Bonchev–Trinajstić information content (AvgIpc) is 3.42. The Morgan fingerprint density at radius 2 is 1.53 bits per heavy atom. The third-order valence-corrected chi connectivity index (χ3v) is 8.12. The Hall–Kier alpha value is -2.46. The van der Waals surface area contributed by atoms with E-state index in [1.807, 2.05) is 0 Å². The van der Waals surface area contributed by atoms with Crippen molar-refractivity contribution in [3.8, 4) is 17.2 Å². The zero-order valence-electron chi connectivity index (χ0n) is 18.2. The van der Waals surface area contributed by atoms with Gasteiger partial charge in [-0.05, 0) is 87.5 Å². The van der Waals surface area contributed by atoms with E-state index in [0.717, 1.165) is 48.0 Å². The Morgan fingerprint density at radius 1 is 0.800 bits per heavy atom. The number of nitrogens with zero attached hydrogens (tertiary/aromatic N) is 1. The van der Waals surface area contributed by atoms with Crippen LogP contribution in [0.3, 0.4) is 0 Å². The highest BCUT2D eigenvalue weighted by atomic mass is 16.5. The number of methoxy groups -OCH3 is 3. The molecule has 0 aromatic heterocycles. The summed E-state index contributed by atoms with van der Waals surface area (Å²) in [5.74, 6) is 5.23. The van der Waals surface area contributed by atoms with Crippen molar-refractivity contribution in [2.24, 2.45) is 17.8 Å². The molecule has 2 fully saturated rings. The summed E-state index contributed by atoms with van der Waals surface area (Å²) < 4.78 is 16.9. The Labute approximate surface area is 177 Å². The predicted octanol–water partition coefficient (Wildman–Crippen LogP) is 5.03. The van der Waals surface area contributed by atoms with Gasteiger partial charge in [-0.15, -0.1) is 0 Å². The fourth-order valence-electron chi connectivity index (χ4n) is 6.28. The Morgan fingerprint density at radius 3 is 2.27 bits per heavy atom. The standard InChI is InChI=1S/C26H29NO3/c1-14-18-7-15-8-19-21-10-25(29-3)26(30-4)11-22(21)20-9-16(28-2)5-6-17(20)24(19)13-27(15)12-23(14)18/h5-6,9-11,14-15,18,23H,7-8,12-13H2,1-4H3/t14?,15-,18?,23?/m1/s1. The maximum Gasteiger partial charge on any atom is 0.161 e. The molecule has 30 heavy (non-hydrogen) atoms. The molecule has 4 atom stereocenters. The molecule has 3 aromatic carbocycles. The number of ether oxygens (including phenoxy) is 3. The fraction of sp³-hybridized carbons (Fsp3) is 0.462. The zero-order chi connectivity index (χ0) is 20.6. The van der Waals surface area contributed by atoms with Crippen molar-refractivity contribution in [1.29, 1.82) is 0 Å². The van der Waals surface area contributed by atoms with Crippen molar-refractivity contribution < 1.29 is 14.2 Å². The van der Waals surface area contributed by atoms with E-state index >= 15 is 0 Å². The molecule has 1 saturated carbocycles. The van der Waals surface area contributed by atoms with Crippen LogP contribution in [0.5, 0.6) is 17.2 Å². The van der Waals surface area contributed by atoms with Crippen molar-refractivity contribution in [3.05, 3.63) is 41.5 Å². The first kappa shape index (κ1) is 18.3. The summed E-state index contributed by atoms with van der Waals surface area (Å²) in [6.45, 7) is 4.75. The monoisotopic (exact) mass is 403 g/mol. The Kier molecular flexibility index (Phi) is 3.98. The number of fused-ring (bicyclic) bond motifs is 8. The van der Waals surface area contributed by atoms with E-state index in [1.165, 1.54) is 45.6 Å². The van der Waals surface area contributed by atoms with Crippen molar-refractivity contribution in [3.63, 3.8) is 0 Å². The smallest absolute Gasteiger partial charge is 0.161 e. The third kappa shape index (κ3) is 2.49. The van der Waals surface area contributed by atoms with Gasteiger partial charge in [0, 0.05) is 19.1 Å². The minimum Gasteiger partial charge on any atom is -0.497 e. The van der Waals surface area contributed by atoms with Crippen LogP contribution < -0.4 is 14.2 Å². The highest BCUT2D eigenvalue weighted by molar-refractivity contribution is 6.12. The highest BCUT2D eigenvalue weighted by Crippen LogP contribution is 2.55. The lowest BCUT2D eigenvalue weighted by atomic mass is 9.82. The van der Waals surface area contributed by atoms with Gasteiger partial charge >= 0.3 is 0 Å². The second-order valence-corrected chi connectivity index (χ2v) is 9.33. The van der Waals surface area contributed by atoms with E-state index in [4.69, 9.17) is 14.2 Å². The molecular formula is C26H29NO3. The van der Waals surface area contributed by atoms with Crippen molar-refractivity contribution >= 4 is 21.5 Å². The van der Waals surface area contributed by atoms with Gasteiger partial charge in [0.15, 0.2) is 11.5 Å². The van der Waals surface area contributed by atoms with Crippen LogP contribution in [0.2, 0.25) is 0 Å². The summed E-state index contributed by atoms with van der Waals surface area (Å²) in [6, 6.07) is 11.5. The van der Waals surface area contributed by atoms with Gasteiger partial charge in [0.2, 0.25) is 0 Å². The molecule has 0 spiro atoms. The predicted molar refractivity (Wildman–Crippen MR) is 120 cm³/mol. The van der Waals surface area contributed by atoms with Crippen LogP contribution in [0.4, 0.5) is 0 Å². The van der Waals surface area contributed by atoms with Crippen molar-refractivity contribution in [1.82, 2.24) is 4.90 Å². The van der Waals surface area contributed by atoms with E-state index in [9.17, 15) is 0 Å². The lowest BCUT2D eigenvalue weighted by Gasteiger charge is -2.41. The van der Waals surface area contributed by atoms with Gasteiger partial charge in [-0.2, -0.15) is 0 Å². The normalized spacial score (nSPS) is 27.3. The number of piperidine rings is 1. The van der Waals surface area contributed by atoms with Crippen LogP contribution in [0.25, 0.3) is 21.5 Å². The average molecular weight is 404 g/mol. The molecule has 3 aromatic rings. The highest BCUT2D eigenvalue weighted by Gasteiger charge is 2.53. The number of benzene rings is 3. The van der Waals surface area contributed by atoms with Crippen LogP contribution in [-0.4, -0.2) is 38.8 Å². The SMILES string of the molecule is COc1ccc2c3c(c4cc(OC)c(OC)cc4c2c1)C[C@H]1CC2C(C)C2CN1C3. The minimum atomic E-state index is 0.663. The molecule has 0 bridgehead atoms. The van der Waals surface area contributed by atoms with Crippen molar-refractivity contribution in [2.45, 2.75) is 32.4 Å². The molecule has 3 unspecified atom stereocenters. The maximum absolute atomic E-state index is 5.68. The minimum absolute atomic E-state index is 0.663.